The van der Waals surface area contributed by atoms with E-state index < -0.39 is 5.82 Å². The Morgan fingerprint density at radius 2 is 1.85 bits per heavy atom. The Bertz CT molecular complexity index is 1180. The third-order valence-corrected chi connectivity index (χ3v) is 6.84. The molecular weight excluding hydrogens is 435 g/mol. The minimum Gasteiger partial charge on any atom is -0.368 e. The summed E-state index contributed by atoms with van der Waals surface area (Å²) in [6.07, 6.45) is 7.22. The standard InChI is InChI=1S/C24H31FN8O.H2/c1-30(2)23(34)21-20(25)18-15-27-24(29-22(18)33(21)16-6-4-5-7-16)28-19-9-8-17(14-26-19)32-12-10-31(3)11-13-32;/h8-9,14-16H,4-7,10-13H2,1-3H3,(H,26,27,28,29);1H. The summed E-state index contributed by atoms with van der Waals surface area (Å²) in [6, 6.07) is 3.99. The van der Waals surface area contributed by atoms with Gasteiger partial charge in [-0.05, 0) is 32.0 Å². The average molecular weight is 469 g/mol. The fourth-order valence-electron chi connectivity index (χ4n) is 4.86. The highest BCUT2D eigenvalue weighted by Gasteiger charge is 2.31. The fraction of sp³-hybridized carbons (Fsp3) is 0.500. The van der Waals surface area contributed by atoms with Gasteiger partial charge in [-0.3, -0.25) is 4.79 Å². The summed E-state index contributed by atoms with van der Waals surface area (Å²) >= 11 is 0. The van der Waals surface area contributed by atoms with Crippen LogP contribution in [0.15, 0.2) is 24.5 Å². The zero-order valence-electron chi connectivity index (χ0n) is 20.0. The van der Waals surface area contributed by atoms with Crippen molar-refractivity contribution in [3.05, 3.63) is 36.0 Å². The summed E-state index contributed by atoms with van der Waals surface area (Å²) in [5, 5.41) is 3.41. The molecule has 0 unspecified atom stereocenters. The Morgan fingerprint density at radius 1 is 1.12 bits per heavy atom. The monoisotopic (exact) mass is 468 g/mol. The first kappa shape index (κ1) is 22.5. The molecule has 0 atom stereocenters. The van der Waals surface area contributed by atoms with Crippen molar-refractivity contribution in [3.63, 3.8) is 0 Å². The number of likely N-dealkylation sites (N-methyl/N-ethyl adjacent to an activating group) is 1. The first-order valence-corrected chi connectivity index (χ1v) is 11.9. The third kappa shape index (κ3) is 4.18. The molecule has 0 bridgehead atoms. The van der Waals surface area contributed by atoms with Crippen LogP contribution in [0.25, 0.3) is 11.0 Å². The predicted octanol–water partition coefficient (Wildman–Crippen LogP) is 3.52. The second-order valence-electron chi connectivity index (χ2n) is 9.42. The van der Waals surface area contributed by atoms with E-state index in [1.807, 2.05) is 18.3 Å². The lowest BCUT2D eigenvalue weighted by atomic mass is 10.2. The van der Waals surface area contributed by atoms with E-state index >= 15 is 4.39 Å². The second kappa shape index (κ2) is 9.17. The molecule has 182 valence electrons. The van der Waals surface area contributed by atoms with Crippen molar-refractivity contribution in [1.29, 1.82) is 0 Å². The summed E-state index contributed by atoms with van der Waals surface area (Å²) in [4.78, 5) is 32.4. The highest BCUT2D eigenvalue weighted by Crippen LogP contribution is 2.36. The lowest BCUT2D eigenvalue weighted by Gasteiger charge is -2.33. The zero-order valence-corrected chi connectivity index (χ0v) is 20.0. The number of rotatable bonds is 5. The number of fused-ring (bicyclic) bond motifs is 1. The van der Waals surface area contributed by atoms with Crippen LogP contribution >= 0.6 is 0 Å². The van der Waals surface area contributed by atoms with E-state index in [1.54, 1.807) is 18.7 Å². The van der Waals surface area contributed by atoms with Crippen molar-refractivity contribution < 1.29 is 10.6 Å². The molecule has 3 aromatic rings. The Labute approximate surface area is 200 Å². The van der Waals surface area contributed by atoms with Gasteiger partial charge in [0, 0.05) is 53.9 Å². The van der Waals surface area contributed by atoms with Gasteiger partial charge in [-0.25, -0.2) is 14.4 Å². The topological polar surface area (TPSA) is 82.4 Å². The Kier molecular flexibility index (Phi) is 6.07. The molecule has 34 heavy (non-hydrogen) atoms. The molecule has 9 nitrogen and oxygen atoms in total. The number of pyridine rings is 1. The number of nitrogens with zero attached hydrogens (tertiary/aromatic N) is 7. The molecule has 0 aromatic carbocycles. The average Bonchev–Trinajstić information content (AvgIpc) is 3.46. The lowest BCUT2D eigenvalue weighted by molar-refractivity contribution is 0.0810. The number of carbonyl (C=O) groups excluding carboxylic acids is 1. The summed E-state index contributed by atoms with van der Waals surface area (Å²) in [6.45, 7) is 4.01. The van der Waals surface area contributed by atoms with Crippen molar-refractivity contribution in [3.8, 4) is 0 Å². The van der Waals surface area contributed by atoms with Crippen molar-refractivity contribution in [2.45, 2.75) is 31.7 Å². The first-order chi connectivity index (χ1) is 16.4. The smallest absolute Gasteiger partial charge is 0.273 e. The van der Waals surface area contributed by atoms with Crippen molar-refractivity contribution in [2.24, 2.45) is 0 Å². The maximum absolute atomic E-state index is 15.4. The van der Waals surface area contributed by atoms with Crippen LogP contribution in [0.3, 0.4) is 0 Å². The van der Waals surface area contributed by atoms with E-state index in [2.05, 4.69) is 37.1 Å². The highest BCUT2D eigenvalue weighted by molar-refractivity contribution is 5.98. The zero-order chi connectivity index (χ0) is 23.8. The second-order valence-corrected chi connectivity index (χ2v) is 9.42. The summed E-state index contributed by atoms with van der Waals surface area (Å²) in [5.41, 5.74) is 1.59. The number of aromatic nitrogens is 4. The molecule has 10 heteroatoms. The molecular formula is C24H33FN8O. The molecule has 2 fully saturated rings. The molecule has 2 aliphatic rings. The van der Waals surface area contributed by atoms with Crippen LogP contribution in [-0.2, 0) is 0 Å². The van der Waals surface area contributed by atoms with Crippen LogP contribution in [0.1, 0.15) is 43.6 Å². The molecule has 1 amide bonds. The van der Waals surface area contributed by atoms with Gasteiger partial charge in [-0.1, -0.05) is 12.8 Å². The van der Waals surface area contributed by atoms with E-state index in [4.69, 9.17) is 0 Å². The van der Waals surface area contributed by atoms with Gasteiger partial charge in [0.1, 0.15) is 17.2 Å². The van der Waals surface area contributed by atoms with Gasteiger partial charge in [-0.15, -0.1) is 0 Å². The molecule has 1 aliphatic carbocycles. The van der Waals surface area contributed by atoms with E-state index in [9.17, 15) is 4.79 Å². The molecule has 1 saturated carbocycles. The van der Waals surface area contributed by atoms with Gasteiger partial charge in [-0.2, -0.15) is 4.98 Å². The van der Waals surface area contributed by atoms with E-state index in [0.717, 1.165) is 57.5 Å². The van der Waals surface area contributed by atoms with Gasteiger partial charge in [0.2, 0.25) is 5.95 Å². The van der Waals surface area contributed by atoms with Gasteiger partial charge >= 0.3 is 0 Å². The van der Waals surface area contributed by atoms with E-state index in [-0.39, 0.29) is 24.5 Å². The van der Waals surface area contributed by atoms with Gasteiger partial charge in [0.15, 0.2) is 5.82 Å². The molecule has 3 aromatic heterocycles. The normalized spacial score (nSPS) is 17.5. The minimum absolute atomic E-state index is 0. The molecule has 4 heterocycles. The molecule has 1 N–H and O–H groups in total. The van der Waals surface area contributed by atoms with E-state index in [0.29, 0.717) is 17.4 Å². The number of halogens is 1. The van der Waals surface area contributed by atoms with Crippen LogP contribution in [0.4, 0.5) is 21.8 Å². The Balaban J connectivity index is 0.00000289. The van der Waals surface area contributed by atoms with Crippen LogP contribution < -0.4 is 10.2 Å². The highest BCUT2D eigenvalue weighted by atomic mass is 19.1. The first-order valence-electron chi connectivity index (χ1n) is 11.9. The summed E-state index contributed by atoms with van der Waals surface area (Å²) in [5.74, 6) is 0.0223. The Morgan fingerprint density at radius 3 is 2.50 bits per heavy atom. The fourth-order valence-corrected chi connectivity index (χ4v) is 4.86. The van der Waals surface area contributed by atoms with Gasteiger partial charge in [0.25, 0.3) is 5.91 Å². The summed E-state index contributed by atoms with van der Waals surface area (Å²) in [7, 11) is 5.40. The number of hydrogen-bond acceptors (Lipinski definition) is 7. The largest absolute Gasteiger partial charge is 0.368 e. The number of amides is 1. The third-order valence-electron chi connectivity index (χ3n) is 6.84. The maximum Gasteiger partial charge on any atom is 0.273 e. The van der Waals surface area contributed by atoms with Crippen LogP contribution in [0.5, 0.6) is 0 Å². The maximum atomic E-state index is 15.4. The van der Waals surface area contributed by atoms with Crippen LogP contribution in [0.2, 0.25) is 0 Å². The minimum atomic E-state index is -0.554. The van der Waals surface area contributed by atoms with Crippen LogP contribution in [0, 0.1) is 5.82 Å². The summed E-state index contributed by atoms with van der Waals surface area (Å²) < 4.78 is 17.2. The van der Waals surface area contributed by atoms with Crippen molar-refractivity contribution in [1.82, 2.24) is 29.3 Å². The van der Waals surface area contributed by atoms with E-state index in [1.165, 1.54) is 11.1 Å². The Hall–Kier alpha value is -3.27. The van der Waals surface area contributed by atoms with Gasteiger partial charge < -0.3 is 24.6 Å². The number of hydrogen-bond donors (Lipinski definition) is 1. The number of nitrogens with one attached hydrogen (secondary N) is 1. The number of anilines is 3. The molecule has 0 spiro atoms. The number of piperazine rings is 1. The van der Waals surface area contributed by atoms with Gasteiger partial charge in [0.05, 0.1) is 17.3 Å². The lowest BCUT2D eigenvalue weighted by Crippen LogP contribution is -2.44. The number of carbonyl (C=O) groups is 1. The molecule has 1 aliphatic heterocycles. The molecule has 5 rings (SSSR count). The van der Waals surface area contributed by atoms with Crippen molar-refractivity contribution in [2.75, 3.05) is 57.5 Å². The molecule has 1 saturated heterocycles. The van der Waals surface area contributed by atoms with Crippen molar-refractivity contribution >= 4 is 34.4 Å². The SMILES string of the molecule is CN1CCN(c2ccc(Nc3ncc4c(F)c(C(=O)N(C)C)n(C5CCCC5)c4n3)nc2)CC1.[HH]. The molecule has 0 radical (unpaired) electrons. The predicted molar refractivity (Wildman–Crippen MR) is 132 cm³/mol. The quantitative estimate of drug-likeness (QED) is 0.613. The van der Waals surface area contributed by atoms with Crippen LogP contribution in [-0.4, -0.2) is 82.5 Å².